The van der Waals surface area contributed by atoms with Crippen molar-refractivity contribution in [1.29, 1.82) is 0 Å². The third-order valence-corrected chi connectivity index (χ3v) is 6.86. The number of hydrogen-bond donors (Lipinski definition) is 1. The van der Waals surface area contributed by atoms with E-state index < -0.39 is 28.5 Å². The van der Waals surface area contributed by atoms with Gasteiger partial charge in [-0.25, -0.2) is 12.8 Å². The van der Waals surface area contributed by atoms with E-state index in [9.17, 15) is 17.6 Å². The maximum atomic E-state index is 13.3. The molecule has 3 aromatic rings. The van der Waals surface area contributed by atoms with Gasteiger partial charge in [-0.3, -0.25) is 9.10 Å². The van der Waals surface area contributed by atoms with Crippen molar-refractivity contribution in [2.24, 2.45) is 0 Å². The molecule has 0 aromatic heterocycles. The predicted molar refractivity (Wildman–Crippen MR) is 120 cm³/mol. The van der Waals surface area contributed by atoms with Crippen LogP contribution in [0.15, 0.2) is 77.7 Å². The predicted octanol–water partition coefficient (Wildman–Crippen LogP) is 5.21. The molecule has 162 valence electrons. The zero-order chi connectivity index (χ0) is 22.6. The second-order valence-corrected chi connectivity index (χ2v) is 9.47. The van der Waals surface area contributed by atoms with Gasteiger partial charge in [0.05, 0.1) is 21.6 Å². The Morgan fingerprint density at radius 3 is 2.29 bits per heavy atom. The molecule has 0 spiro atoms. The van der Waals surface area contributed by atoms with Crippen molar-refractivity contribution in [3.8, 4) is 0 Å². The van der Waals surface area contributed by atoms with Crippen molar-refractivity contribution in [2.45, 2.75) is 17.9 Å². The van der Waals surface area contributed by atoms with Gasteiger partial charge in [0.25, 0.3) is 10.0 Å². The molecular weight excluding hydrogens is 462 g/mol. The minimum atomic E-state index is -4.10. The van der Waals surface area contributed by atoms with Crippen LogP contribution in [-0.4, -0.2) is 20.9 Å². The maximum absolute atomic E-state index is 13.3. The average Bonchev–Trinajstić information content (AvgIpc) is 2.73. The van der Waals surface area contributed by atoms with Crippen LogP contribution in [0.4, 0.5) is 10.1 Å². The highest BCUT2D eigenvalue weighted by Gasteiger charge is 2.29. The van der Waals surface area contributed by atoms with Crippen LogP contribution < -0.4 is 9.62 Å². The quantitative estimate of drug-likeness (QED) is 0.504. The van der Waals surface area contributed by atoms with E-state index in [0.29, 0.717) is 10.6 Å². The number of nitrogens with one attached hydrogen (secondary N) is 1. The second-order valence-electron chi connectivity index (χ2n) is 6.76. The molecule has 1 amide bonds. The van der Waals surface area contributed by atoms with Gasteiger partial charge in [-0.05, 0) is 55.0 Å². The highest BCUT2D eigenvalue weighted by Crippen LogP contribution is 2.32. The van der Waals surface area contributed by atoms with Crippen LogP contribution in [0.3, 0.4) is 0 Å². The van der Waals surface area contributed by atoms with Crippen molar-refractivity contribution in [3.05, 3.63) is 94.2 Å². The summed E-state index contributed by atoms with van der Waals surface area (Å²) >= 11 is 12.2. The molecule has 3 rings (SSSR count). The smallest absolute Gasteiger partial charge is 0.264 e. The molecule has 0 aliphatic rings. The number of hydrogen-bond acceptors (Lipinski definition) is 3. The molecule has 0 saturated carbocycles. The topological polar surface area (TPSA) is 66.5 Å². The Balaban J connectivity index is 1.91. The van der Waals surface area contributed by atoms with Crippen LogP contribution in [0.2, 0.25) is 10.0 Å². The molecule has 0 heterocycles. The molecule has 0 aliphatic heterocycles. The monoisotopic (exact) mass is 480 g/mol. The van der Waals surface area contributed by atoms with E-state index in [0.717, 1.165) is 4.31 Å². The summed E-state index contributed by atoms with van der Waals surface area (Å²) in [6.45, 7) is 1.21. The van der Waals surface area contributed by atoms with Crippen LogP contribution in [-0.2, 0) is 14.8 Å². The minimum Gasteiger partial charge on any atom is -0.348 e. The molecule has 1 N–H and O–H groups in total. The molecule has 0 saturated heterocycles. The molecule has 0 radical (unpaired) electrons. The van der Waals surface area contributed by atoms with Crippen molar-refractivity contribution in [2.75, 3.05) is 10.8 Å². The summed E-state index contributed by atoms with van der Waals surface area (Å²) < 4.78 is 40.7. The van der Waals surface area contributed by atoms with E-state index in [2.05, 4.69) is 5.32 Å². The maximum Gasteiger partial charge on any atom is 0.264 e. The Bertz CT molecular complexity index is 1170. The molecule has 0 bridgehead atoms. The van der Waals surface area contributed by atoms with Gasteiger partial charge < -0.3 is 5.32 Å². The van der Waals surface area contributed by atoms with E-state index in [1.807, 2.05) is 0 Å². The number of halogens is 3. The van der Waals surface area contributed by atoms with Gasteiger partial charge in [0, 0.05) is 5.02 Å². The van der Waals surface area contributed by atoms with Crippen LogP contribution in [0, 0.1) is 5.82 Å². The lowest BCUT2D eigenvalue weighted by atomic mass is 10.1. The number of sulfonamides is 1. The van der Waals surface area contributed by atoms with E-state index in [4.69, 9.17) is 23.2 Å². The fourth-order valence-electron chi connectivity index (χ4n) is 2.96. The van der Waals surface area contributed by atoms with E-state index in [1.165, 1.54) is 42.5 Å². The summed E-state index contributed by atoms with van der Waals surface area (Å²) in [5.74, 6) is -0.942. The highest BCUT2D eigenvalue weighted by atomic mass is 35.5. The standard InChI is InChI=1S/C22H19Cl2FN2O3S/c1-15(16-7-10-18(25)11-8-16)26-22(28)14-27(21-12-9-17(23)13-20(21)24)31(29,30)19-5-3-2-4-6-19/h2-13,15H,14H2,1H3,(H,26,28)/t15-/m1/s1. The molecule has 31 heavy (non-hydrogen) atoms. The number of rotatable bonds is 7. The molecule has 0 fully saturated rings. The summed E-state index contributed by atoms with van der Waals surface area (Å²) in [7, 11) is -4.10. The fraction of sp³-hybridized carbons (Fsp3) is 0.136. The lowest BCUT2D eigenvalue weighted by Crippen LogP contribution is -2.41. The third kappa shape index (κ3) is 5.55. The largest absolute Gasteiger partial charge is 0.348 e. The fourth-order valence-corrected chi connectivity index (χ4v) is 4.98. The Hall–Kier alpha value is -2.61. The SMILES string of the molecule is C[C@@H](NC(=O)CN(c1ccc(Cl)cc1Cl)S(=O)(=O)c1ccccc1)c1ccc(F)cc1. The normalized spacial score (nSPS) is 12.3. The molecule has 5 nitrogen and oxygen atoms in total. The van der Waals surface area contributed by atoms with Crippen molar-refractivity contribution in [1.82, 2.24) is 5.32 Å². The van der Waals surface area contributed by atoms with E-state index >= 15 is 0 Å². The summed E-state index contributed by atoms with van der Waals surface area (Å²) in [4.78, 5) is 12.8. The number of benzene rings is 3. The lowest BCUT2D eigenvalue weighted by molar-refractivity contribution is -0.120. The Morgan fingerprint density at radius 1 is 1.03 bits per heavy atom. The number of nitrogens with zero attached hydrogens (tertiary/aromatic N) is 1. The lowest BCUT2D eigenvalue weighted by Gasteiger charge is -2.26. The van der Waals surface area contributed by atoms with E-state index in [-0.39, 0.29) is 21.4 Å². The first-order valence-corrected chi connectivity index (χ1v) is 11.5. The first-order valence-electron chi connectivity index (χ1n) is 9.26. The summed E-state index contributed by atoms with van der Waals surface area (Å²) in [5, 5.41) is 3.16. The Labute approximate surface area is 190 Å². The Morgan fingerprint density at radius 2 is 1.68 bits per heavy atom. The van der Waals surface area contributed by atoms with Gasteiger partial charge in [0.2, 0.25) is 5.91 Å². The molecule has 0 aliphatic carbocycles. The van der Waals surface area contributed by atoms with E-state index in [1.54, 1.807) is 37.3 Å². The molecule has 0 unspecified atom stereocenters. The van der Waals surface area contributed by atoms with Crippen molar-refractivity contribution in [3.63, 3.8) is 0 Å². The average molecular weight is 481 g/mol. The number of amides is 1. The molecule has 3 aromatic carbocycles. The summed E-state index contributed by atoms with van der Waals surface area (Å²) in [6, 6.07) is 17.3. The highest BCUT2D eigenvalue weighted by molar-refractivity contribution is 7.92. The summed E-state index contributed by atoms with van der Waals surface area (Å²) in [6.07, 6.45) is 0. The summed E-state index contributed by atoms with van der Waals surface area (Å²) in [5.41, 5.74) is 0.802. The van der Waals surface area contributed by atoms with Gasteiger partial charge in [-0.1, -0.05) is 53.5 Å². The number of carbonyl (C=O) groups excluding carboxylic acids is 1. The van der Waals surface area contributed by atoms with Crippen LogP contribution in [0.1, 0.15) is 18.5 Å². The van der Waals surface area contributed by atoms with Crippen LogP contribution in [0.5, 0.6) is 0 Å². The van der Waals surface area contributed by atoms with Gasteiger partial charge in [0.1, 0.15) is 12.4 Å². The zero-order valence-electron chi connectivity index (χ0n) is 16.4. The number of anilines is 1. The van der Waals surface area contributed by atoms with Gasteiger partial charge in [0.15, 0.2) is 0 Å². The molecule has 9 heteroatoms. The van der Waals surface area contributed by atoms with Gasteiger partial charge >= 0.3 is 0 Å². The van der Waals surface area contributed by atoms with Crippen molar-refractivity contribution < 1.29 is 17.6 Å². The second kappa shape index (κ2) is 9.68. The molecular formula is C22H19Cl2FN2O3S. The van der Waals surface area contributed by atoms with Crippen LogP contribution in [0.25, 0.3) is 0 Å². The first-order chi connectivity index (χ1) is 14.7. The van der Waals surface area contributed by atoms with Gasteiger partial charge in [-0.15, -0.1) is 0 Å². The molecule has 1 atom stereocenters. The minimum absolute atomic E-state index is 0.0143. The van der Waals surface area contributed by atoms with Gasteiger partial charge in [-0.2, -0.15) is 0 Å². The van der Waals surface area contributed by atoms with Crippen molar-refractivity contribution >= 4 is 44.8 Å². The van der Waals surface area contributed by atoms with Crippen LogP contribution >= 0.6 is 23.2 Å². The zero-order valence-corrected chi connectivity index (χ0v) is 18.8. The number of carbonyl (C=O) groups is 1. The Kier molecular flexibility index (Phi) is 7.20. The first kappa shape index (κ1) is 23.1. The third-order valence-electron chi connectivity index (χ3n) is 4.54.